The molecule has 0 saturated carbocycles. The van der Waals surface area contributed by atoms with Gasteiger partial charge in [0.05, 0.1) is 5.69 Å². The van der Waals surface area contributed by atoms with Crippen LogP contribution in [-0.4, -0.2) is 48.4 Å². The number of fused-ring (bicyclic) bond motifs is 1. The van der Waals surface area contributed by atoms with Crippen LogP contribution in [0.25, 0.3) is 0 Å². The Balaban J connectivity index is 1.59. The highest BCUT2D eigenvalue weighted by atomic mass is 16.5. The number of hydrogen-bond donors (Lipinski definition) is 1. The summed E-state index contributed by atoms with van der Waals surface area (Å²) in [5.74, 6) is 0.0214. The van der Waals surface area contributed by atoms with Crippen molar-refractivity contribution in [2.45, 2.75) is 45.6 Å². The van der Waals surface area contributed by atoms with E-state index >= 15 is 0 Å². The van der Waals surface area contributed by atoms with Crippen LogP contribution < -0.4 is 15.0 Å². The van der Waals surface area contributed by atoms with Crippen LogP contribution in [0, 0.1) is 6.92 Å². The highest BCUT2D eigenvalue weighted by molar-refractivity contribution is 6.07. The van der Waals surface area contributed by atoms with Gasteiger partial charge >= 0.3 is 0 Å². The summed E-state index contributed by atoms with van der Waals surface area (Å²) in [5.41, 5.74) is 2.51. The number of rotatable bonds is 5. The van der Waals surface area contributed by atoms with Crippen LogP contribution in [0.1, 0.15) is 48.5 Å². The molecule has 0 aliphatic carbocycles. The van der Waals surface area contributed by atoms with Crippen molar-refractivity contribution in [2.24, 2.45) is 0 Å². The van der Waals surface area contributed by atoms with Gasteiger partial charge in [0.25, 0.3) is 11.8 Å². The van der Waals surface area contributed by atoms with Gasteiger partial charge in [0.15, 0.2) is 6.10 Å². The number of nitrogens with zero attached hydrogens (tertiary/aromatic N) is 2. The molecule has 4 rings (SSSR count). The van der Waals surface area contributed by atoms with Crippen molar-refractivity contribution in [1.29, 1.82) is 0 Å². The van der Waals surface area contributed by atoms with E-state index in [0.29, 0.717) is 29.1 Å². The molecule has 1 unspecified atom stereocenters. The van der Waals surface area contributed by atoms with Crippen LogP contribution in [-0.2, 0) is 9.59 Å². The lowest BCUT2D eigenvalue weighted by molar-refractivity contribution is -0.134. The molecule has 0 radical (unpaired) electrons. The number of anilines is 2. The zero-order valence-corrected chi connectivity index (χ0v) is 18.6. The van der Waals surface area contributed by atoms with Gasteiger partial charge in [-0.2, -0.15) is 0 Å². The van der Waals surface area contributed by atoms with E-state index in [9.17, 15) is 14.4 Å². The van der Waals surface area contributed by atoms with Crippen molar-refractivity contribution in [3.05, 3.63) is 53.6 Å². The average molecular weight is 436 g/mol. The minimum Gasteiger partial charge on any atom is -0.478 e. The van der Waals surface area contributed by atoms with Crippen molar-refractivity contribution in [3.8, 4) is 5.75 Å². The Morgan fingerprint density at radius 2 is 1.84 bits per heavy atom. The van der Waals surface area contributed by atoms with E-state index in [2.05, 4.69) is 5.32 Å². The summed E-state index contributed by atoms with van der Waals surface area (Å²) in [4.78, 5) is 42.1. The number of nitrogens with one attached hydrogen (secondary N) is 1. The lowest BCUT2D eigenvalue weighted by Crippen LogP contribution is -2.51. The van der Waals surface area contributed by atoms with Crippen molar-refractivity contribution in [2.75, 3.05) is 29.9 Å². The number of piperidine rings is 1. The lowest BCUT2D eigenvalue weighted by Gasteiger charge is -2.36. The summed E-state index contributed by atoms with van der Waals surface area (Å²) in [6, 6.07) is 12.6. The first-order chi connectivity index (χ1) is 15.5. The summed E-state index contributed by atoms with van der Waals surface area (Å²) in [6.45, 7) is 5.20. The van der Waals surface area contributed by atoms with E-state index in [1.165, 1.54) is 4.90 Å². The number of aryl methyl sites for hydroxylation is 1. The normalized spacial score (nSPS) is 18.1. The topological polar surface area (TPSA) is 79.0 Å². The van der Waals surface area contributed by atoms with Crippen molar-refractivity contribution >= 4 is 29.1 Å². The van der Waals surface area contributed by atoms with Gasteiger partial charge in [0.2, 0.25) is 5.91 Å². The first kappa shape index (κ1) is 21.9. The minimum atomic E-state index is -0.621. The Morgan fingerprint density at radius 1 is 1.09 bits per heavy atom. The molecule has 1 atom stereocenters. The second-order valence-corrected chi connectivity index (χ2v) is 8.33. The van der Waals surface area contributed by atoms with Gasteiger partial charge in [-0.15, -0.1) is 0 Å². The maximum Gasteiger partial charge on any atom is 0.268 e. The molecule has 0 bridgehead atoms. The second-order valence-electron chi connectivity index (χ2n) is 8.33. The van der Waals surface area contributed by atoms with Gasteiger partial charge in [-0.1, -0.05) is 25.1 Å². The number of likely N-dealkylation sites (tertiary alicyclic amines) is 1. The van der Waals surface area contributed by atoms with Gasteiger partial charge in [0.1, 0.15) is 12.3 Å². The predicted octanol–water partition coefficient (Wildman–Crippen LogP) is 3.76. The van der Waals surface area contributed by atoms with Crippen molar-refractivity contribution in [1.82, 2.24) is 4.90 Å². The third kappa shape index (κ3) is 4.47. The van der Waals surface area contributed by atoms with Crippen LogP contribution in [0.4, 0.5) is 11.4 Å². The van der Waals surface area contributed by atoms with E-state index in [-0.39, 0.29) is 24.3 Å². The Labute approximate surface area is 188 Å². The van der Waals surface area contributed by atoms with E-state index < -0.39 is 6.10 Å². The molecule has 1 N–H and O–H groups in total. The number of hydrogen-bond acceptors (Lipinski definition) is 4. The smallest absolute Gasteiger partial charge is 0.268 e. The summed E-state index contributed by atoms with van der Waals surface area (Å²) in [7, 11) is 0. The van der Waals surface area contributed by atoms with E-state index in [0.717, 1.165) is 37.9 Å². The Kier molecular flexibility index (Phi) is 6.44. The minimum absolute atomic E-state index is 0.0269. The van der Waals surface area contributed by atoms with Crippen LogP contribution in [0.15, 0.2) is 42.5 Å². The average Bonchev–Trinajstić information content (AvgIpc) is 2.81. The highest BCUT2D eigenvalue weighted by Gasteiger charge is 2.35. The first-order valence-electron chi connectivity index (χ1n) is 11.2. The SMILES string of the molecule is CCC1Oc2ccc(NC(=O)c3ccccc3C)cc2N(CC(=O)N2CCCCC2)C1=O. The first-order valence-corrected chi connectivity index (χ1v) is 11.2. The number of amides is 3. The van der Waals surface area contributed by atoms with Gasteiger partial charge in [0, 0.05) is 24.3 Å². The van der Waals surface area contributed by atoms with Crippen LogP contribution in [0.3, 0.4) is 0 Å². The second kappa shape index (κ2) is 9.42. The molecule has 168 valence electrons. The molecule has 1 fully saturated rings. The summed E-state index contributed by atoms with van der Waals surface area (Å²) < 4.78 is 5.89. The standard InChI is InChI=1S/C25H29N3O4/c1-3-21-25(31)28(16-23(29)27-13-7-4-8-14-27)20-15-18(11-12-22(20)32-21)26-24(30)19-10-6-5-9-17(19)2/h5-6,9-12,15,21H,3-4,7-8,13-14,16H2,1-2H3,(H,26,30). The third-order valence-electron chi connectivity index (χ3n) is 6.08. The molecule has 0 aromatic heterocycles. The van der Waals surface area contributed by atoms with Gasteiger partial charge in [-0.3, -0.25) is 19.3 Å². The largest absolute Gasteiger partial charge is 0.478 e. The molecular formula is C25H29N3O4. The van der Waals surface area contributed by atoms with E-state index in [1.54, 1.807) is 24.3 Å². The molecular weight excluding hydrogens is 406 g/mol. The fourth-order valence-electron chi connectivity index (χ4n) is 4.23. The van der Waals surface area contributed by atoms with Gasteiger partial charge in [-0.25, -0.2) is 0 Å². The maximum atomic E-state index is 13.1. The molecule has 2 aromatic carbocycles. The highest BCUT2D eigenvalue weighted by Crippen LogP contribution is 2.37. The number of benzene rings is 2. The fraction of sp³-hybridized carbons (Fsp3) is 0.400. The maximum absolute atomic E-state index is 13.1. The van der Waals surface area contributed by atoms with Gasteiger partial charge < -0.3 is 15.0 Å². The van der Waals surface area contributed by atoms with Crippen molar-refractivity contribution < 1.29 is 19.1 Å². The Hall–Kier alpha value is -3.35. The zero-order chi connectivity index (χ0) is 22.7. The Morgan fingerprint density at radius 3 is 2.56 bits per heavy atom. The monoisotopic (exact) mass is 435 g/mol. The number of ether oxygens (including phenoxy) is 1. The molecule has 3 amide bonds. The van der Waals surface area contributed by atoms with Crippen LogP contribution in [0.5, 0.6) is 5.75 Å². The fourth-order valence-corrected chi connectivity index (χ4v) is 4.23. The predicted molar refractivity (Wildman–Crippen MR) is 123 cm³/mol. The van der Waals surface area contributed by atoms with Crippen LogP contribution in [0.2, 0.25) is 0 Å². The molecule has 7 heteroatoms. The molecule has 32 heavy (non-hydrogen) atoms. The molecule has 2 aromatic rings. The quantitative estimate of drug-likeness (QED) is 0.776. The Bertz CT molecular complexity index is 1030. The summed E-state index contributed by atoms with van der Waals surface area (Å²) in [6.07, 6.45) is 3.01. The number of carbonyl (C=O) groups is 3. The van der Waals surface area contributed by atoms with Crippen molar-refractivity contribution in [3.63, 3.8) is 0 Å². The number of carbonyl (C=O) groups excluding carboxylic acids is 3. The lowest BCUT2D eigenvalue weighted by atomic mass is 10.1. The van der Waals surface area contributed by atoms with Crippen LogP contribution >= 0.6 is 0 Å². The summed E-state index contributed by atoms with van der Waals surface area (Å²) in [5, 5.41) is 2.90. The third-order valence-corrected chi connectivity index (χ3v) is 6.08. The zero-order valence-electron chi connectivity index (χ0n) is 18.6. The molecule has 2 aliphatic heterocycles. The molecule has 1 saturated heterocycles. The van der Waals surface area contributed by atoms with Gasteiger partial charge in [-0.05, 0) is 62.4 Å². The molecule has 2 aliphatic rings. The summed E-state index contributed by atoms with van der Waals surface area (Å²) >= 11 is 0. The molecule has 2 heterocycles. The molecule has 0 spiro atoms. The van der Waals surface area contributed by atoms with E-state index in [1.807, 2.05) is 36.9 Å². The van der Waals surface area contributed by atoms with E-state index in [4.69, 9.17) is 4.74 Å². The molecule has 7 nitrogen and oxygen atoms in total.